The van der Waals surface area contributed by atoms with E-state index in [2.05, 4.69) is 14.9 Å². The van der Waals surface area contributed by atoms with Gasteiger partial charge in [0.15, 0.2) is 17.4 Å². The largest absolute Gasteiger partial charge is 0.484 e. The Hall–Kier alpha value is -4.47. The molecule has 0 radical (unpaired) electrons. The molecule has 1 saturated carbocycles. The maximum Gasteiger partial charge on any atom is 0.335 e. The first-order chi connectivity index (χ1) is 20.7. The third-order valence-corrected chi connectivity index (χ3v) is 8.75. The summed E-state index contributed by atoms with van der Waals surface area (Å²) in [4.78, 5) is 23.0. The lowest BCUT2D eigenvalue weighted by Crippen LogP contribution is -2.33. The highest BCUT2D eigenvalue weighted by atomic mass is 19.1. The molecule has 9 nitrogen and oxygen atoms in total. The number of nitriles is 1. The Bertz CT molecular complexity index is 1820. The number of fused-ring (bicyclic) bond motifs is 2. The maximum atomic E-state index is 14.9. The Kier molecular flexibility index (Phi) is 6.59. The summed E-state index contributed by atoms with van der Waals surface area (Å²) in [7, 11) is 0. The van der Waals surface area contributed by atoms with Crippen molar-refractivity contribution in [2.75, 3.05) is 19.7 Å². The highest BCUT2D eigenvalue weighted by molar-refractivity contribution is 5.92. The van der Waals surface area contributed by atoms with E-state index in [-0.39, 0.29) is 46.2 Å². The van der Waals surface area contributed by atoms with Gasteiger partial charge in [0.05, 0.1) is 41.9 Å². The van der Waals surface area contributed by atoms with Crippen LogP contribution in [0.15, 0.2) is 42.5 Å². The number of aromatic carboxylic acids is 1. The van der Waals surface area contributed by atoms with Crippen LogP contribution in [0.3, 0.4) is 0 Å². The second-order valence-corrected chi connectivity index (χ2v) is 11.4. The zero-order chi connectivity index (χ0) is 29.9. The maximum absolute atomic E-state index is 14.9. The zero-order valence-electron chi connectivity index (χ0n) is 22.9. The summed E-state index contributed by atoms with van der Waals surface area (Å²) in [6.07, 6.45) is 1.69. The van der Waals surface area contributed by atoms with Crippen molar-refractivity contribution < 1.29 is 32.5 Å². The number of ether oxygens (including phenoxy) is 2. The molecule has 220 valence electrons. The first kappa shape index (κ1) is 27.4. The van der Waals surface area contributed by atoms with Crippen molar-refractivity contribution in [1.82, 2.24) is 19.4 Å². The number of halogens is 3. The number of nitrogens with zero attached hydrogens (tertiary/aromatic N) is 5. The van der Waals surface area contributed by atoms with Crippen molar-refractivity contribution in [3.05, 3.63) is 88.3 Å². The Morgan fingerprint density at radius 2 is 1.98 bits per heavy atom. The summed E-state index contributed by atoms with van der Waals surface area (Å²) >= 11 is 0. The smallest absolute Gasteiger partial charge is 0.335 e. The number of hydrogen-bond donors (Lipinski definition) is 1. The summed E-state index contributed by atoms with van der Waals surface area (Å²) in [5.74, 6) is -2.35. The number of carboxylic acid groups (broad SMARTS) is 1. The normalized spacial score (nSPS) is 22.7. The average molecular weight is 590 g/mol. The number of imidazole rings is 1. The molecule has 0 spiro atoms. The van der Waals surface area contributed by atoms with Crippen molar-refractivity contribution >= 4 is 17.0 Å². The Morgan fingerprint density at radius 1 is 1.14 bits per heavy atom. The van der Waals surface area contributed by atoms with E-state index in [0.29, 0.717) is 43.5 Å². The molecule has 0 amide bonds. The number of carbonyl (C=O) groups is 1. The van der Waals surface area contributed by atoms with Crippen molar-refractivity contribution in [1.29, 1.82) is 5.26 Å². The van der Waals surface area contributed by atoms with Crippen LogP contribution in [-0.4, -0.2) is 56.3 Å². The molecule has 2 saturated heterocycles. The first-order valence-corrected chi connectivity index (χ1v) is 14.0. The summed E-state index contributed by atoms with van der Waals surface area (Å²) in [5.41, 5.74) is 1.08. The van der Waals surface area contributed by atoms with Crippen LogP contribution in [0.4, 0.5) is 13.2 Å². The Labute approximate surface area is 244 Å². The number of hydrogen-bond acceptors (Lipinski definition) is 7. The minimum absolute atomic E-state index is 0.0483. The van der Waals surface area contributed by atoms with Crippen LogP contribution in [0, 0.1) is 34.7 Å². The number of carboxylic acids is 1. The molecule has 4 heterocycles. The van der Waals surface area contributed by atoms with E-state index in [4.69, 9.17) is 14.7 Å². The Balaban J connectivity index is 1.11. The number of rotatable bonds is 9. The molecule has 2 unspecified atom stereocenters. The fraction of sp³-hybridized carbons (Fsp3) is 0.355. The molecule has 0 bridgehead atoms. The SMILES string of the molecule is N#Cc1ccc(OCc2nc(C34CC3CN(Cc3nc5c(F)cc(C(=O)O)cc5n3C[C@@H]3CCO3)C4)ccc2F)c(F)c1. The van der Waals surface area contributed by atoms with Gasteiger partial charge in [0.1, 0.15) is 29.5 Å². The van der Waals surface area contributed by atoms with Gasteiger partial charge >= 0.3 is 5.97 Å². The standard InChI is InChI=1S/C31H26F3N5O4/c32-21-2-4-27(36-24(21)15-43-26-3-1-17(11-35)7-22(26)33)31-10-19(31)12-38(16-31)14-28-37-29-23(34)8-18(30(40)41)9-25(29)39(28)13-20-5-6-42-20/h1-4,7-9,19-20H,5-6,10,12-16H2,(H,40,41)/t19?,20-,31?/m0/s1. The molecule has 7 rings (SSSR count). The van der Waals surface area contributed by atoms with Gasteiger partial charge in [-0.25, -0.2) is 22.9 Å². The van der Waals surface area contributed by atoms with Crippen molar-refractivity contribution in [2.45, 2.75) is 44.1 Å². The predicted octanol–water partition coefficient (Wildman–Crippen LogP) is 4.56. The second-order valence-electron chi connectivity index (χ2n) is 11.4. The lowest BCUT2D eigenvalue weighted by atomic mass is 10.0. The van der Waals surface area contributed by atoms with Gasteiger partial charge < -0.3 is 19.1 Å². The summed E-state index contributed by atoms with van der Waals surface area (Å²) in [5, 5.41) is 18.4. The third-order valence-electron chi connectivity index (χ3n) is 8.75. The van der Waals surface area contributed by atoms with Crippen LogP contribution >= 0.6 is 0 Å². The van der Waals surface area contributed by atoms with Crippen LogP contribution in [0.2, 0.25) is 0 Å². The van der Waals surface area contributed by atoms with Crippen molar-refractivity contribution in [3.8, 4) is 11.8 Å². The molecular formula is C31H26F3N5O4. The van der Waals surface area contributed by atoms with Crippen molar-refractivity contribution in [3.63, 3.8) is 0 Å². The number of likely N-dealkylation sites (tertiary alicyclic amines) is 1. The van der Waals surface area contributed by atoms with Gasteiger partial charge in [-0.1, -0.05) is 0 Å². The van der Waals surface area contributed by atoms with Gasteiger partial charge in [-0.05, 0) is 61.2 Å². The van der Waals surface area contributed by atoms with Gasteiger partial charge in [-0.15, -0.1) is 0 Å². The molecular weight excluding hydrogens is 563 g/mol. The van der Waals surface area contributed by atoms with E-state index in [1.807, 2.05) is 10.6 Å². The van der Waals surface area contributed by atoms with Gasteiger partial charge in [-0.2, -0.15) is 5.26 Å². The number of benzene rings is 2. The molecule has 12 heteroatoms. The van der Waals surface area contributed by atoms with E-state index < -0.39 is 23.4 Å². The van der Waals surface area contributed by atoms with Crippen LogP contribution in [0.1, 0.15) is 46.0 Å². The lowest BCUT2D eigenvalue weighted by molar-refractivity contribution is -0.0591. The molecule has 3 atom stereocenters. The second kappa shape index (κ2) is 10.4. The van der Waals surface area contributed by atoms with E-state index >= 15 is 0 Å². The average Bonchev–Trinajstić information content (AvgIpc) is 3.35. The van der Waals surface area contributed by atoms with E-state index in [1.165, 1.54) is 24.3 Å². The monoisotopic (exact) mass is 589 g/mol. The van der Waals surface area contributed by atoms with E-state index in [0.717, 1.165) is 37.2 Å². The van der Waals surface area contributed by atoms with Crippen molar-refractivity contribution in [2.24, 2.45) is 5.92 Å². The lowest BCUT2D eigenvalue weighted by Gasteiger charge is -2.28. The first-order valence-electron chi connectivity index (χ1n) is 14.0. The molecule has 2 aliphatic heterocycles. The summed E-state index contributed by atoms with van der Waals surface area (Å²) in [6.45, 7) is 2.61. The van der Waals surface area contributed by atoms with Gasteiger partial charge in [-0.3, -0.25) is 9.88 Å². The molecule has 3 aliphatic rings. The highest BCUT2D eigenvalue weighted by Crippen LogP contribution is 2.58. The van der Waals surface area contributed by atoms with Crippen LogP contribution in [0.25, 0.3) is 11.0 Å². The molecule has 1 N–H and O–H groups in total. The van der Waals surface area contributed by atoms with E-state index in [1.54, 1.807) is 6.07 Å². The quantitative estimate of drug-likeness (QED) is 0.302. The van der Waals surface area contributed by atoms with Gasteiger partial charge in [0.2, 0.25) is 0 Å². The van der Waals surface area contributed by atoms with Crippen LogP contribution in [-0.2, 0) is 29.8 Å². The topological polar surface area (TPSA) is 114 Å². The number of aromatic nitrogens is 3. The third kappa shape index (κ3) is 4.88. The van der Waals surface area contributed by atoms with Gasteiger partial charge in [0.25, 0.3) is 0 Å². The molecule has 4 aromatic rings. The van der Waals surface area contributed by atoms with Crippen LogP contribution in [0.5, 0.6) is 5.75 Å². The molecule has 43 heavy (non-hydrogen) atoms. The molecule has 3 fully saturated rings. The molecule has 1 aliphatic carbocycles. The zero-order valence-corrected chi connectivity index (χ0v) is 22.9. The minimum atomic E-state index is -1.21. The highest BCUT2D eigenvalue weighted by Gasteiger charge is 2.61. The summed E-state index contributed by atoms with van der Waals surface area (Å²) < 4.78 is 56.9. The van der Waals surface area contributed by atoms with Crippen LogP contribution < -0.4 is 4.74 Å². The minimum Gasteiger partial charge on any atom is -0.484 e. The summed E-state index contributed by atoms with van der Waals surface area (Å²) in [6, 6.07) is 11.1. The molecule has 2 aromatic carbocycles. The number of piperidine rings is 1. The fourth-order valence-corrected chi connectivity index (χ4v) is 6.31. The van der Waals surface area contributed by atoms with E-state index in [9.17, 15) is 23.1 Å². The predicted molar refractivity (Wildman–Crippen MR) is 146 cm³/mol. The van der Waals surface area contributed by atoms with Gasteiger partial charge in [0, 0.05) is 30.8 Å². The Morgan fingerprint density at radius 3 is 2.70 bits per heavy atom. The molecule has 2 aromatic heterocycles. The fourth-order valence-electron chi connectivity index (χ4n) is 6.31. The number of pyridine rings is 1.